The molecule has 4 aromatic rings. The summed E-state index contributed by atoms with van der Waals surface area (Å²) in [6.45, 7) is 2.66. The summed E-state index contributed by atoms with van der Waals surface area (Å²) in [6.07, 6.45) is 2.14. The summed E-state index contributed by atoms with van der Waals surface area (Å²) >= 11 is 12.4. The fourth-order valence-electron chi connectivity index (χ4n) is 4.09. The number of rotatable bonds is 10. The molecule has 5 nitrogen and oxygen atoms in total. The van der Waals surface area contributed by atoms with Crippen molar-refractivity contribution in [1.82, 2.24) is 4.98 Å². The number of Topliss-reactive ketones (excluding diaryl/α,β-unsaturated/α-hetero) is 1. The second kappa shape index (κ2) is 12.0. The van der Waals surface area contributed by atoms with E-state index in [2.05, 4.69) is 35.4 Å². The number of pyridine rings is 1. The highest BCUT2D eigenvalue weighted by Gasteiger charge is 2.11. The van der Waals surface area contributed by atoms with Crippen molar-refractivity contribution in [2.24, 2.45) is 0 Å². The van der Waals surface area contributed by atoms with Gasteiger partial charge in [0, 0.05) is 52.4 Å². The van der Waals surface area contributed by atoms with E-state index in [1.807, 2.05) is 42.5 Å². The number of aryl methyl sites for hydroxylation is 1. The van der Waals surface area contributed by atoms with Gasteiger partial charge in [0.1, 0.15) is 5.69 Å². The Morgan fingerprint density at radius 2 is 1.59 bits per heavy atom. The lowest BCUT2D eigenvalue weighted by Crippen LogP contribution is -2.05. The van der Waals surface area contributed by atoms with Crippen LogP contribution in [-0.4, -0.2) is 21.8 Å². The van der Waals surface area contributed by atoms with Crippen molar-refractivity contribution in [1.29, 1.82) is 0 Å². The largest absolute Gasteiger partial charge is 0.481 e. The van der Waals surface area contributed by atoms with E-state index in [-0.39, 0.29) is 18.6 Å². The van der Waals surface area contributed by atoms with Crippen LogP contribution in [-0.2, 0) is 11.3 Å². The van der Waals surface area contributed by atoms with Crippen molar-refractivity contribution in [3.05, 3.63) is 106 Å². The average Bonchev–Trinajstić information content (AvgIpc) is 2.88. The first-order valence-electron chi connectivity index (χ1n) is 11.9. The Hall–Kier alpha value is -3.67. The first-order valence-corrected chi connectivity index (χ1v) is 12.7. The number of aromatic nitrogens is 1. The lowest BCUT2D eigenvalue weighted by atomic mass is 9.98. The minimum absolute atomic E-state index is 0.0266. The monoisotopic (exact) mass is 532 g/mol. The molecule has 1 aromatic heterocycles. The Kier molecular flexibility index (Phi) is 8.59. The second-order valence-electron chi connectivity index (χ2n) is 8.82. The molecule has 7 heteroatoms. The van der Waals surface area contributed by atoms with E-state index in [0.29, 0.717) is 28.7 Å². The van der Waals surface area contributed by atoms with Crippen LogP contribution in [0.15, 0.2) is 79.0 Å². The van der Waals surface area contributed by atoms with Crippen molar-refractivity contribution >= 4 is 40.6 Å². The van der Waals surface area contributed by atoms with E-state index >= 15 is 0 Å². The van der Waals surface area contributed by atoms with Gasteiger partial charge in [-0.1, -0.05) is 71.2 Å². The van der Waals surface area contributed by atoms with Gasteiger partial charge in [-0.25, -0.2) is 0 Å². The topological polar surface area (TPSA) is 79.3 Å². The third-order valence-corrected chi connectivity index (χ3v) is 6.57. The third kappa shape index (κ3) is 6.97. The summed E-state index contributed by atoms with van der Waals surface area (Å²) in [4.78, 5) is 27.3. The maximum Gasteiger partial charge on any atom is 0.303 e. The van der Waals surface area contributed by atoms with Gasteiger partial charge < -0.3 is 10.4 Å². The minimum Gasteiger partial charge on any atom is -0.481 e. The van der Waals surface area contributed by atoms with Gasteiger partial charge in [0.15, 0.2) is 5.78 Å². The zero-order chi connectivity index (χ0) is 26.4. The normalized spacial score (nSPS) is 10.8. The van der Waals surface area contributed by atoms with Gasteiger partial charge in [0.05, 0.1) is 0 Å². The fraction of sp³-hybridized carbons (Fsp3) is 0.167. The molecule has 4 rings (SSSR count). The predicted octanol–water partition coefficient (Wildman–Crippen LogP) is 8.08. The first kappa shape index (κ1) is 26.4. The number of nitrogens with one attached hydrogen (secondary N) is 1. The van der Waals surface area contributed by atoms with Crippen LogP contribution in [0.5, 0.6) is 0 Å². The smallest absolute Gasteiger partial charge is 0.303 e. The zero-order valence-electron chi connectivity index (χ0n) is 20.3. The lowest BCUT2D eigenvalue weighted by molar-refractivity contribution is -0.137. The van der Waals surface area contributed by atoms with Crippen molar-refractivity contribution in [2.75, 3.05) is 5.32 Å². The number of hydrogen-bond acceptors (Lipinski definition) is 4. The van der Waals surface area contributed by atoms with E-state index < -0.39 is 5.97 Å². The van der Waals surface area contributed by atoms with Gasteiger partial charge in [0.25, 0.3) is 0 Å². The van der Waals surface area contributed by atoms with Crippen LogP contribution >= 0.6 is 23.2 Å². The molecule has 0 aliphatic rings. The summed E-state index contributed by atoms with van der Waals surface area (Å²) in [5.74, 6) is -1.06. The predicted molar refractivity (Wildman–Crippen MR) is 149 cm³/mol. The number of carboxylic acid groups (broad SMARTS) is 1. The first-order chi connectivity index (χ1) is 17.8. The molecule has 0 spiro atoms. The molecule has 2 N–H and O–H groups in total. The number of nitrogens with zero attached hydrogens (tertiary/aromatic N) is 1. The van der Waals surface area contributed by atoms with E-state index in [1.54, 1.807) is 18.3 Å². The van der Waals surface area contributed by atoms with Crippen LogP contribution in [0.25, 0.3) is 22.3 Å². The maximum absolute atomic E-state index is 12.3. The number of hydrogen-bond donors (Lipinski definition) is 2. The van der Waals surface area contributed by atoms with Crippen molar-refractivity contribution in [3.63, 3.8) is 0 Å². The highest BCUT2D eigenvalue weighted by Crippen LogP contribution is 2.31. The van der Waals surface area contributed by atoms with Crippen LogP contribution in [0.1, 0.15) is 40.9 Å². The molecule has 3 aromatic carbocycles. The molecule has 0 radical (unpaired) electrons. The molecule has 0 fully saturated rings. The number of ketones is 1. The number of anilines is 1. The Balaban J connectivity index is 1.46. The van der Waals surface area contributed by atoms with Crippen molar-refractivity contribution in [2.45, 2.75) is 32.7 Å². The van der Waals surface area contributed by atoms with Crippen molar-refractivity contribution in [3.8, 4) is 22.3 Å². The molecule has 0 saturated carbocycles. The van der Waals surface area contributed by atoms with Crippen LogP contribution < -0.4 is 5.32 Å². The highest BCUT2D eigenvalue weighted by atomic mass is 35.5. The van der Waals surface area contributed by atoms with Gasteiger partial charge in [0.2, 0.25) is 0 Å². The number of halogens is 2. The molecule has 0 aliphatic heterocycles. The van der Waals surface area contributed by atoms with Crippen LogP contribution in [0, 0.1) is 6.92 Å². The van der Waals surface area contributed by atoms with Gasteiger partial charge in [-0.15, -0.1) is 0 Å². The maximum atomic E-state index is 12.3. The molecule has 0 atom stereocenters. The molecule has 0 bridgehead atoms. The summed E-state index contributed by atoms with van der Waals surface area (Å²) in [5, 5.41) is 13.5. The molecule has 0 aliphatic carbocycles. The molecular weight excluding hydrogens is 507 g/mol. The number of carbonyl (C=O) groups excluding carboxylic acids is 1. The van der Waals surface area contributed by atoms with Crippen LogP contribution in [0.3, 0.4) is 0 Å². The minimum atomic E-state index is -0.904. The summed E-state index contributed by atoms with van der Waals surface area (Å²) < 4.78 is 0. The summed E-state index contributed by atoms with van der Waals surface area (Å²) in [5.41, 5.74) is 7.44. The Labute approximate surface area is 226 Å². The Morgan fingerprint density at radius 3 is 2.27 bits per heavy atom. The average molecular weight is 533 g/mol. The lowest BCUT2D eigenvalue weighted by Gasteiger charge is -2.14. The van der Waals surface area contributed by atoms with E-state index in [9.17, 15) is 9.59 Å². The SMILES string of the molecule is Cc1ccc(-c2ccc(C(=O)CCCC(=O)O)nc2)c(CNc2ccc(-c3ccc(Cl)cc3Cl)cc2)c1. The van der Waals surface area contributed by atoms with Gasteiger partial charge in [-0.3, -0.25) is 14.6 Å². The zero-order valence-corrected chi connectivity index (χ0v) is 21.8. The summed E-state index contributed by atoms with van der Waals surface area (Å²) in [7, 11) is 0. The quantitative estimate of drug-likeness (QED) is 0.202. The second-order valence-corrected chi connectivity index (χ2v) is 9.66. The third-order valence-electron chi connectivity index (χ3n) is 6.03. The van der Waals surface area contributed by atoms with Crippen molar-refractivity contribution < 1.29 is 14.7 Å². The number of carbonyl (C=O) groups is 2. The van der Waals surface area contributed by atoms with Crippen LogP contribution in [0.4, 0.5) is 5.69 Å². The Bertz CT molecular complexity index is 1420. The van der Waals surface area contributed by atoms with E-state index in [0.717, 1.165) is 39.1 Å². The van der Waals surface area contributed by atoms with E-state index in [4.69, 9.17) is 28.3 Å². The van der Waals surface area contributed by atoms with Gasteiger partial charge in [-0.05, 0) is 60.4 Å². The summed E-state index contributed by atoms with van der Waals surface area (Å²) in [6, 6.07) is 23.4. The Morgan fingerprint density at radius 1 is 0.865 bits per heavy atom. The van der Waals surface area contributed by atoms with E-state index in [1.165, 1.54) is 0 Å². The standard InChI is InChI=1S/C30H26Cl2N2O3/c1-19-5-12-25(21-8-14-28(34-17-21)29(35)3-2-4-30(36)37)22(15-19)18-33-24-10-6-20(7-11-24)26-13-9-23(31)16-27(26)32/h5-17,33H,2-4,18H2,1H3,(H,36,37). The molecule has 0 amide bonds. The molecule has 188 valence electrons. The molecule has 0 saturated heterocycles. The number of benzene rings is 3. The fourth-order valence-corrected chi connectivity index (χ4v) is 4.60. The molecule has 37 heavy (non-hydrogen) atoms. The van der Waals surface area contributed by atoms with Crippen LogP contribution in [0.2, 0.25) is 10.0 Å². The highest BCUT2D eigenvalue weighted by molar-refractivity contribution is 6.36. The van der Waals surface area contributed by atoms with Gasteiger partial charge in [-0.2, -0.15) is 0 Å². The number of carboxylic acids is 1. The molecule has 0 unspecified atom stereocenters. The number of aliphatic carboxylic acids is 1. The van der Waals surface area contributed by atoms with Gasteiger partial charge >= 0.3 is 5.97 Å². The molecule has 1 heterocycles. The molecular formula is C30H26Cl2N2O3.